The molecule has 1 unspecified atom stereocenters. The number of Topliss-reactive ketones (excluding diaryl/α,β-unsaturated/α-hetero) is 1. The first-order valence-electron chi connectivity index (χ1n) is 6.29. The highest BCUT2D eigenvalue weighted by Gasteiger charge is 2.32. The van der Waals surface area contributed by atoms with Crippen molar-refractivity contribution in [3.05, 3.63) is 29.8 Å². The lowest BCUT2D eigenvalue weighted by atomic mass is 10.1. The molecule has 0 bridgehead atoms. The SMILES string of the molecule is O=C1CCN(C(=O)C2Cc3ccccc3S2)CC1. The van der Waals surface area contributed by atoms with Gasteiger partial charge in [0, 0.05) is 30.8 Å². The molecule has 2 heterocycles. The number of thioether (sulfide) groups is 1. The van der Waals surface area contributed by atoms with E-state index in [1.165, 1.54) is 10.5 Å². The van der Waals surface area contributed by atoms with E-state index >= 15 is 0 Å². The number of amides is 1. The van der Waals surface area contributed by atoms with E-state index in [-0.39, 0.29) is 16.9 Å². The van der Waals surface area contributed by atoms with Crippen LogP contribution >= 0.6 is 11.8 Å². The third-order valence-electron chi connectivity index (χ3n) is 3.56. The van der Waals surface area contributed by atoms with Gasteiger partial charge in [-0.15, -0.1) is 11.8 Å². The first-order valence-corrected chi connectivity index (χ1v) is 7.17. The lowest BCUT2D eigenvalue weighted by molar-refractivity contribution is -0.133. The molecule has 0 radical (unpaired) electrons. The van der Waals surface area contributed by atoms with Crippen LogP contribution in [0.4, 0.5) is 0 Å². The molecule has 2 aliphatic rings. The van der Waals surface area contributed by atoms with Gasteiger partial charge >= 0.3 is 0 Å². The highest BCUT2D eigenvalue weighted by Crippen LogP contribution is 2.37. The van der Waals surface area contributed by atoms with Gasteiger partial charge in [0.15, 0.2) is 0 Å². The number of hydrogen-bond donors (Lipinski definition) is 0. The fourth-order valence-corrected chi connectivity index (χ4v) is 3.78. The number of likely N-dealkylation sites (tertiary alicyclic amines) is 1. The van der Waals surface area contributed by atoms with Crippen LogP contribution in [0.5, 0.6) is 0 Å². The lowest BCUT2D eigenvalue weighted by Crippen LogP contribution is -2.43. The summed E-state index contributed by atoms with van der Waals surface area (Å²) < 4.78 is 0. The maximum Gasteiger partial charge on any atom is 0.236 e. The van der Waals surface area contributed by atoms with Crippen molar-refractivity contribution in [1.82, 2.24) is 4.90 Å². The maximum atomic E-state index is 12.4. The van der Waals surface area contributed by atoms with E-state index in [4.69, 9.17) is 0 Å². The molecular weight excluding hydrogens is 246 g/mol. The number of rotatable bonds is 1. The number of carbonyl (C=O) groups excluding carboxylic acids is 2. The molecule has 94 valence electrons. The molecule has 0 saturated carbocycles. The molecule has 3 rings (SSSR count). The normalized spacial score (nSPS) is 23.0. The fraction of sp³-hybridized carbons (Fsp3) is 0.429. The van der Waals surface area contributed by atoms with Gasteiger partial charge in [0.1, 0.15) is 5.78 Å². The van der Waals surface area contributed by atoms with Crippen LogP contribution in [-0.4, -0.2) is 34.9 Å². The summed E-state index contributed by atoms with van der Waals surface area (Å²) in [6.45, 7) is 1.20. The maximum absolute atomic E-state index is 12.4. The van der Waals surface area contributed by atoms with E-state index < -0.39 is 0 Å². The number of hydrogen-bond acceptors (Lipinski definition) is 3. The van der Waals surface area contributed by atoms with Crippen molar-refractivity contribution in [1.29, 1.82) is 0 Å². The second-order valence-electron chi connectivity index (χ2n) is 4.78. The van der Waals surface area contributed by atoms with E-state index in [1.54, 1.807) is 11.8 Å². The van der Waals surface area contributed by atoms with Crippen molar-refractivity contribution in [3.8, 4) is 0 Å². The molecule has 0 spiro atoms. The number of benzene rings is 1. The lowest BCUT2D eigenvalue weighted by Gasteiger charge is -2.28. The van der Waals surface area contributed by atoms with Crippen molar-refractivity contribution in [2.75, 3.05) is 13.1 Å². The van der Waals surface area contributed by atoms with Crippen molar-refractivity contribution in [2.45, 2.75) is 29.4 Å². The zero-order valence-corrected chi connectivity index (χ0v) is 10.9. The van der Waals surface area contributed by atoms with Crippen LogP contribution in [0.1, 0.15) is 18.4 Å². The van der Waals surface area contributed by atoms with Gasteiger partial charge in [-0.3, -0.25) is 9.59 Å². The summed E-state index contributed by atoms with van der Waals surface area (Å²) in [6, 6.07) is 8.20. The van der Waals surface area contributed by atoms with Gasteiger partial charge in [-0.1, -0.05) is 18.2 Å². The van der Waals surface area contributed by atoms with Crippen LogP contribution in [0.25, 0.3) is 0 Å². The van der Waals surface area contributed by atoms with E-state index in [0.717, 1.165) is 6.42 Å². The third kappa shape index (κ3) is 2.17. The summed E-state index contributed by atoms with van der Waals surface area (Å²) >= 11 is 1.66. The Labute approximate surface area is 111 Å². The zero-order chi connectivity index (χ0) is 12.5. The number of ketones is 1. The van der Waals surface area contributed by atoms with E-state index in [9.17, 15) is 9.59 Å². The first kappa shape index (κ1) is 11.8. The van der Waals surface area contributed by atoms with Gasteiger partial charge in [0.2, 0.25) is 5.91 Å². The van der Waals surface area contributed by atoms with Crippen LogP contribution in [0.2, 0.25) is 0 Å². The Hall–Kier alpha value is -1.29. The molecule has 1 aromatic rings. The van der Waals surface area contributed by atoms with Crippen molar-refractivity contribution < 1.29 is 9.59 Å². The zero-order valence-electron chi connectivity index (χ0n) is 10.1. The average molecular weight is 261 g/mol. The molecule has 0 aliphatic carbocycles. The number of nitrogens with zero attached hydrogens (tertiary/aromatic N) is 1. The second-order valence-corrected chi connectivity index (χ2v) is 6.03. The highest BCUT2D eigenvalue weighted by atomic mass is 32.2. The standard InChI is InChI=1S/C14H15NO2S/c16-11-5-7-15(8-6-11)14(17)13-9-10-3-1-2-4-12(10)18-13/h1-4,13H,5-9H2. The van der Waals surface area contributed by atoms with Crippen LogP contribution in [-0.2, 0) is 16.0 Å². The summed E-state index contributed by atoms with van der Waals surface area (Å²) in [6.07, 6.45) is 1.87. The van der Waals surface area contributed by atoms with Gasteiger partial charge in [-0.25, -0.2) is 0 Å². The van der Waals surface area contributed by atoms with Crippen molar-refractivity contribution >= 4 is 23.5 Å². The Morgan fingerprint density at radius 1 is 1.22 bits per heavy atom. The number of carbonyl (C=O) groups is 2. The molecule has 0 aromatic heterocycles. The topological polar surface area (TPSA) is 37.4 Å². The largest absolute Gasteiger partial charge is 0.341 e. The van der Waals surface area contributed by atoms with Gasteiger partial charge in [-0.05, 0) is 18.1 Å². The molecule has 1 atom stereocenters. The molecular formula is C14H15NO2S. The van der Waals surface area contributed by atoms with Crippen LogP contribution in [0.3, 0.4) is 0 Å². The molecule has 1 fully saturated rings. The van der Waals surface area contributed by atoms with Gasteiger partial charge in [0.05, 0.1) is 5.25 Å². The van der Waals surface area contributed by atoms with Crippen LogP contribution < -0.4 is 0 Å². The molecule has 2 aliphatic heterocycles. The summed E-state index contributed by atoms with van der Waals surface area (Å²) in [5, 5.41) is 0.00982. The molecule has 0 N–H and O–H groups in total. The minimum absolute atomic E-state index is 0.00982. The molecule has 1 saturated heterocycles. The third-order valence-corrected chi connectivity index (χ3v) is 4.86. The highest BCUT2D eigenvalue weighted by molar-refractivity contribution is 8.01. The Balaban J connectivity index is 1.67. The molecule has 1 aromatic carbocycles. The monoisotopic (exact) mass is 261 g/mol. The van der Waals surface area contributed by atoms with Gasteiger partial charge in [-0.2, -0.15) is 0 Å². The van der Waals surface area contributed by atoms with E-state index in [1.807, 2.05) is 17.0 Å². The fourth-order valence-electron chi connectivity index (χ4n) is 2.50. The van der Waals surface area contributed by atoms with Gasteiger partial charge < -0.3 is 4.90 Å². The minimum Gasteiger partial charge on any atom is -0.341 e. The summed E-state index contributed by atoms with van der Waals surface area (Å²) in [4.78, 5) is 26.6. The first-order chi connectivity index (χ1) is 8.74. The number of piperidine rings is 1. The van der Waals surface area contributed by atoms with E-state index in [2.05, 4.69) is 12.1 Å². The van der Waals surface area contributed by atoms with Crippen molar-refractivity contribution in [3.63, 3.8) is 0 Å². The van der Waals surface area contributed by atoms with E-state index in [0.29, 0.717) is 25.9 Å². The average Bonchev–Trinajstić information content (AvgIpc) is 2.82. The van der Waals surface area contributed by atoms with Gasteiger partial charge in [0.25, 0.3) is 0 Å². The molecule has 3 nitrogen and oxygen atoms in total. The number of fused-ring (bicyclic) bond motifs is 1. The Morgan fingerprint density at radius 3 is 2.67 bits per heavy atom. The Kier molecular flexibility index (Phi) is 3.12. The smallest absolute Gasteiger partial charge is 0.236 e. The van der Waals surface area contributed by atoms with Crippen LogP contribution in [0.15, 0.2) is 29.2 Å². The summed E-state index contributed by atoms with van der Waals surface area (Å²) in [7, 11) is 0. The summed E-state index contributed by atoms with van der Waals surface area (Å²) in [5.74, 6) is 0.477. The molecule has 1 amide bonds. The summed E-state index contributed by atoms with van der Waals surface area (Å²) in [5.41, 5.74) is 1.27. The Bertz CT molecular complexity index is 465. The van der Waals surface area contributed by atoms with Crippen LogP contribution in [0, 0.1) is 0 Å². The quantitative estimate of drug-likeness (QED) is 0.775. The van der Waals surface area contributed by atoms with Crippen molar-refractivity contribution in [2.24, 2.45) is 0 Å². The minimum atomic E-state index is 0.00982. The molecule has 4 heteroatoms. The predicted octanol–water partition coefficient (Wildman–Crippen LogP) is 1.89. The second kappa shape index (κ2) is 4.76. The molecule has 18 heavy (non-hydrogen) atoms. The predicted molar refractivity (Wildman–Crippen MR) is 70.6 cm³/mol. The Morgan fingerprint density at radius 2 is 1.94 bits per heavy atom.